The molecule has 21 heavy (non-hydrogen) atoms. The zero-order valence-corrected chi connectivity index (χ0v) is 11.7. The topological polar surface area (TPSA) is 70.7 Å². The van der Waals surface area contributed by atoms with Crippen molar-refractivity contribution in [3.05, 3.63) is 48.2 Å². The van der Waals surface area contributed by atoms with Crippen molar-refractivity contribution in [2.75, 3.05) is 19.0 Å². The SMILES string of the molecule is CN(C)c1ccc(-c2nc3ccc(C(=O)O)cn3n2)cc1. The molecule has 0 saturated heterocycles. The maximum Gasteiger partial charge on any atom is 0.337 e. The molecular weight excluding hydrogens is 268 g/mol. The van der Waals surface area contributed by atoms with Crippen molar-refractivity contribution in [1.29, 1.82) is 0 Å². The first-order valence-electron chi connectivity index (χ1n) is 6.42. The van der Waals surface area contributed by atoms with Crippen LogP contribution in [0, 0.1) is 0 Å². The number of hydrogen-bond donors (Lipinski definition) is 1. The summed E-state index contributed by atoms with van der Waals surface area (Å²) in [6, 6.07) is 11.0. The fourth-order valence-corrected chi connectivity index (χ4v) is 2.04. The van der Waals surface area contributed by atoms with E-state index in [9.17, 15) is 4.79 Å². The normalized spacial score (nSPS) is 10.8. The highest BCUT2D eigenvalue weighted by Gasteiger charge is 2.09. The Bertz CT molecular complexity index is 806. The number of fused-ring (bicyclic) bond motifs is 1. The van der Waals surface area contributed by atoms with Crippen LogP contribution >= 0.6 is 0 Å². The molecule has 0 atom stereocenters. The molecule has 0 amide bonds. The van der Waals surface area contributed by atoms with Crippen LogP contribution in [-0.2, 0) is 0 Å². The summed E-state index contributed by atoms with van der Waals surface area (Å²) in [4.78, 5) is 17.4. The molecule has 6 nitrogen and oxygen atoms in total. The minimum Gasteiger partial charge on any atom is -0.478 e. The molecule has 106 valence electrons. The van der Waals surface area contributed by atoms with Crippen molar-refractivity contribution in [3.8, 4) is 11.4 Å². The van der Waals surface area contributed by atoms with Crippen molar-refractivity contribution in [2.45, 2.75) is 0 Å². The van der Waals surface area contributed by atoms with Gasteiger partial charge in [0.15, 0.2) is 11.5 Å². The Morgan fingerprint density at radius 3 is 2.48 bits per heavy atom. The van der Waals surface area contributed by atoms with Crippen molar-refractivity contribution in [1.82, 2.24) is 14.6 Å². The molecule has 3 aromatic rings. The summed E-state index contributed by atoms with van der Waals surface area (Å²) in [5, 5.41) is 13.3. The molecule has 1 N–H and O–H groups in total. The second-order valence-electron chi connectivity index (χ2n) is 4.90. The summed E-state index contributed by atoms with van der Waals surface area (Å²) in [6.07, 6.45) is 1.46. The largest absolute Gasteiger partial charge is 0.478 e. The molecule has 0 fully saturated rings. The Morgan fingerprint density at radius 2 is 1.86 bits per heavy atom. The lowest BCUT2D eigenvalue weighted by Crippen LogP contribution is -2.07. The average Bonchev–Trinajstić information content (AvgIpc) is 2.90. The van der Waals surface area contributed by atoms with Crippen LogP contribution in [0.2, 0.25) is 0 Å². The summed E-state index contributed by atoms with van der Waals surface area (Å²) < 4.78 is 1.48. The standard InChI is InChI=1S/C15H14N4O2/c1-18(2)12-6-3-10(4-7-12)14-16-13-8-5-11(15(20)21)9-19(13)17-14/h3-9H,1-2H3,(H,20,21). The van der Waals surface area contributed by atoms with Crippen LogP contribution < -0.4 is 4.90 Å². The molecule has 3 rings (SSSR count). The number of pyridine rings is 1. The van der Waals surface area contributed by atoms with E-state index in [1.807, 2.05) is 43.3 Å². The zero-order chi connectivity index (χ0) is 15.0. The molecule has 6 heteroatoms. The molecular formula is C15H14N4O2. The van der Waals surface area contributed by atoms with Crippen LogP contribution in [0.3, 0.4) is 0 Å². The third-order valence-electron chi connectivity index (χ3n) is 3.22. The Hall–Kier alpha value is -2.89. The Morgan fingerprint density at radius 1 is 1.14 bits per heavy atom. The number of carbonyl (C=O) groups is 1. The smallest absolute Gasteiger partial charge is 0.337 e. The van der Waals surface area contributed by atoms with Gasteiger partial charge in [0.2, 0.25) is 0 Å². The highest BCUT2D eigenvalue weighted by atomic mass is 16.4. The van der Waals surface area contributed by atoms with Gasteiger partial charge in [-0.15, -0.1) is 5.10 Å². The molecule has 0 saturated carbocycles. The van der Waals surface area contributed by atoms with Gasteiger partial charge >= 0.3 is 5.97 Å². The van der Waals surface area contributed by atoms with Gasteiger partial charge in [-0.2, -0.15) is 0 Å². The number of aromatic nitrogens is 3. The van der Waals surface area contributed by atoms with Gasteiger partial charge in [-0.25, -0.2) is 14.3 Å². The van der Waals surface area contributed by atoms with E-state index in [0.717, 1.165) is 11.3 Å². The number of benzene rings is 1. The van der Waals surface area contributed by atoms with Crippen LogP contribution in [0.25, 0.3) is 17.0 Å². The Labute approximate surface area is 121 Å². The van der Waals surface area contributed by atoms with Gasteiger partial charge in [0.1, 0.15) is 0 Å². The summed E-state index contributed by atoms with van der Waals surface area (Å²) in [5.74, 6) is -0.410. The lowest BCUT2D eigenvalue weighted by atomic mass is 10.2. The second-order valence-corrected chi connectivity index (χ2v) is 4.90. The molecule has 0 spiro atoms. The van der Waals surface area contributed by atoms with E-state index < -0.39 is 5.97 Å². The summed E-state index contributed by atoms with van der Waals surface area (Å²) in [5.41, 5.74) is 2.78. The molecule has 1 aromatic carbocycles. The predicted octanol–water partition coefficient (Wildman–Crippen LogP) is 2.16. The zero-order valence-electron chi connectivity index (χ0n) is 11.7. The van der Waals surface area contributed by atoms with Crippen LogP contribution in [0.1, 0.15) is 10.4 Å². The maximum absolute atomic E-state index is 11.0. The molecule has 0 bridgehead atoms. The predicted molar refractivity (Wildman–Crippen MR) is 79.7 cm³/mol. The lowest BCUT2D eigenvalue weighted by molar-refractivity contribution is 0.0696. The van der Waals surface area contributed by atoms with E-state index in [2.05, 4.69) is 10.1 Å². The van der Waals surface area contributed by atoms with Crippen molar-refractivity contribution < 1.29 is 9.90 Å². The summed E-state index contributed by atoms with van der Waals surface area (Å²) in [6.45, 7) is 0. The van der Waals surface area contributed by atoms with E-state index in [-0.39, 0.29) is 5.56 Å². The second kappa shape index (κ2) is 4.90. The number of aromatic carboxylic acids is 1. The first-order chi connectivity index (χ1) is 10.0. The van der Waals surface area contributed by atoms with Crippen molar-refractivity contribution in [2.24, 2.45) is 0 Å². The first kappa shape index (κ1) is 13.1. The average molecular weight is 282 g/mol. The van der Waals surface area contributed by atoms with E-state index in [1.54, 1.807) is 6.07 Å². The van der Waals surface area contributed by atoms with E-state index in [4.69, 9.17) is 5.11 Å². The Kier molecular flexibility index (Phi) is 3.06. The third kappa shape index (κ3) is 2.43. The minimum absolute atomic E-state index is 0.182. The molecule has 2 heterocycles. The maximum atomic E-state index is 11.0. The van der Waals surface area contributed by atoms with Gasteiger partial charge in [0.05, 0.1) is 5.56 Å². The van der Waals surface area contributed by atoms with Gasteiger partial charge in [0.25, 0.3) is 0 Å². The van der Waals surface area contributed by atoms with Gasteiger partial charge in [-0.3, -0.25) is 0 Å². The highest BCUT2D eigenvalue weighted by Crippen LogP contribution is 2.20. The highest BCUT2D eigenvalue weighted by molar-refractivity contribution is 5.87. The summed E-state index contributed by atoms with van der Waals surface area (Å²) >= 11 is 0. The molecule has 0 aliphatic rings. The van der Waals surface area contributed by atoms with Crippen LogP contribution in [0.15, 0.2) is 42.6 Å². The van der Waals surface area contributed by atoms with E-state index in [0.29, 0.717) is 11.5 Å². The fraction of sp³-hybridized carbons (Fsp3) is 0.133. The summed E-state index contributed by atoms with van der Waals surface area (Å²) in [7, 11) is 3.96. The van der Waals surface area contributed by atoms with Crippen molar-refractivity contribution in [3.63, 3.8) is 0 Å². The van der Waals surface area contributed by atoms with Crippen LogP contribution in [-0.4, -0.2) is 39.8 Å². The molecule has 0 aliphatic heterocycles. The Balaban J connectivity index is 2.02. The molecule has 0 radical (unpaired) electrons. The van der Waals surface area contributed by atoms with Gasteiger partial charge in [-0.1, -0.05) is 0 Å². The van der Waals surface area contributed by atoms with Crippen molar-refractivity contribution >= 4 is 17.3 Å². The number of anilines is 1. The molecule has 0 unspecified atom stereocenters. The fourth-order valence-electron chi connectivity index (χ4n) is 2.04. The number of carboxylic acid groups (broad SMARTS) is 1. The number of rotatable bonds is 3. The third-order valence-corrected chi connectivity index (χ3v) is 3.22. The number of nitrogens with zero attached hydrogens (tertiary/aromatic N) is 4. The lowest BCUT2D eigenvalue weighted by Gasteiger charge is -2.11. The van der Waals surface area contributed by atoms with Gasteiger partial charge in [-0.05, 0) is 36.4 Å². The van der Waals surface area contributed by atoms with E-state index in [1.165, 1.54) is 16.8 Å². The van der Waals surface area contributed by atoms with Gasteiger partial charge in [0, 0.05) is 31.5 Å². The van der Waals surface area contributed by atoms with Crippen LogP contribution in [0.4, 0.5) is 5.69 Å². The number of hydrogen-bond acceptors (Lipinski definition) is 4. The minimum atomic E-state index is -0.982. The van der Waals surface area contributed by atoms with Gasteiger partial charge < -0.3 is 10.0 Å². The first-order valence-corrected chi connectivity index (χ1v) is 6.42. The van der Waals surface area contributed by atoms with E-state index >= 15 is 0 Å². The quantitative estimate of drug-likeness (QED) is 0.797. The molecule has 0 aliphatic carbocycles. The monoisotopic (exact) mass is 282 g/mol. The van der Waals surface area contributed by atoms with Crippen LogP contribution in [0.5, 0.6) is 0 Å². The number of carboxylic acids is 1. The molecule has 2 aromatic heterocycles.